The highest BCUT2D eigenvalue weighted by molar-refractivity contribution is 4.93. The number of rotatable bonds is 3. The van der Waals surface area contributed by atoms with E-state index in [1.807, 2.05) is 0 Å². The molecule has 1 aliphatic heterocycles. The maximum absolute atomic E-state index is 10.7. The second-order valence-electron chi connectivity index (χ2n) is 6.78. The third-order valence-electron chi connectivity index (χ3n) is 5.35. The number of aliphatic hydroxyl groups is 2. The molecular formula is C16H28O4. The number of aliphatic hydroxyl groups excluding tert-OH is 2. The first-order chi connectivity index (χ1) is 9.74. The molecule has 1 spiro atoms. The Labute approximate surface area is 121 Å². The second kappa shape index (κ2) is 6.30. The third kappa shape index (κ3) is 2.89. The minimum absolute atomic E-state index is 0.0593. The molecule has 4 heteroatoms. The molecule has 2 N–H and O–H groups in total. The van der Waals surface area contributed by atoms with Crippen molar-refractivity contribution in [2.24, 2.45) is 5.92 Å². The van der Waals surface area contributed by atoms with E-state index in [2.05, 4.69) is 0 Å². The first-order valence-electron chi connectivity index (χ1n) is 8.39. The van der Waals surface area contributed by atoms with Gasteiger partial charge in [0.2, 0.25) is 0 Å². The summed E-state index contributed by atoms with van der Waals surface area (Å²) in [5.41, 5.74) is 0. The van der Waals surface area contributed by atoms with Crippen molar-refractivity contribution < 1.29 is 19.7 Å². The molecule has 0 radical (unpaired) electrons. The van der Waals surface area contributed by atoms with Crippen molar-refractivity contribution in [3.05, 3.63) is 0 Å². The van der Waals surface area contributed by atoms with Gasteiger partial charge in [0, 0.05) is 12.8 Å². The largest absolute Gasteiger partial charge is 0.394 e. The van der Waals surface area contributed by atoms with E-state index < -0.39 is 11.9 Å². The Morgan fingerprint density at radius 2 is 1.60 bits per heavy atom. The Hall–Kier alpha value is -0.160. The van der Waals surface area contributed by atoms with E-state index in [4.69, 9.17) is 9.47 Å². The Bertz CT molecular complexity index is 308. The fourth-order valence-electron chi connectivity index (χ4n) is 4.20. The van der Waals surface area contributed by atoms with Gasteiger partial charge in [0.15, 0.2) is 5.79 Å². The quantitative estimate of drug-likeness (QED) is 0.835. The molecule has 2 saturated carbocycles. The fourth-order valence-corrected chi connectivity index (χ4v) is 4.20. The lowest BCUT2D eigenvalue weighted by Crippen LogP contribution is -2.42. The van der Waals surface area contributed by atoms with E-state index in [0.717, 1.165) is 38.5 Å². The van der Waals surface area contributed by atoms with Crippen LogP contribution in [0.3, 0.4) is 0 Å². The minimum atomic E-state index is -0.522. The molecular weight excluding hydrogens is 256 g/mol. The summed E-state index contributed by atoms with van der Waals surface area (Å²) in [5.74, 6) is -0.212. The maximum Gasteiger partial charge on any atom is 0.169 e. The smallest absolute Gasteiger partial charge is 0.169 e. The summed E-state index contributed by atoms with van der Waals surface area (Å²) in [6, 6.07) is 0. The van der Waals surface area contributed by atoms with E-state index in [9.17, 15) is 10.2 Å². The molecule has 3 aliphatic rings. The maximum atomic E-state index is 10.7. The zero-order chi connectivity index (χ0) is 14.0. The van der Waals surface area contributed by atoms with Gasteiger partial charge in [-0.05, 0) is 31.6 Å². The Balaban J connectivity index is 1.67. The average Bonchev–Trinajstić information content (AvgIpc) is 2.86. The molecule has 4 nitrogen and oxygen atoms in total. The van der Waals surface area contributed by atoms with Gasteiger partial charge in [0.05, 0.1) is 12.7 Å². The van der Waals surface area contributed by atoms with Gasteiger partial charge in [0.25, 0.3) is 0 Å². The molecule has 1 saturated heterocycles. The summed E-state index contributed by atoms with van der Waals surface area (Å²) in [7, 11) is 0. The van der Waals surface area contributed by atoms with Crippen molar-refractivity contribution in [3.8, 4) is 0 Å². The summed E-state index contributed by atoms with van der Waals surface area (Å²) in [5, 5.41) is 20.3. The minimum Gasteiger partial charge on any atom is -0.394 e. The van der Waals surface area contributed by atoms with Gasteiger partial charge in [-0.15, -0.1) is 0 Å². The van der Waals surface area contributed by atoms with E-state index in [1.165, 1.54) is 25.7 Å². The van der Waals surface area contributed by atoms with Crippen LogP contribution in [0.1, 0.15) is 64.2 Å². The molecule has 3 fully saturated rings. The first kappa shape index (κ1) is 14.8. The normalized spacial score (nSPS) is 36.3. The zero-order valence-electron chi connectivity index (χ0n) is 12.3. The van der Waals surface area contributed by atoms with Gasteiger partial charge in [-0.1, -0.05) is 25.7 Å². The van der Waals surface area contributed by atoms with Crippen LogP contribution in [0.2, 0.25) is 0 Å². The van der Waals surface area contributed by atoms with Gasteiger partial charge in [-0.25, -0.2) is 0 Å². The highest BCUT2D eigenvalue weighted by atomic mass is 16.8. The lowest BCUT2D eigenvalue weighted by Gasteiger charge is -2.34. The van der Waals surface area contributed by atoms with Crippen LogP contribution in [0.25, 0.3) is 0 Å². The lowest BCUT2D eigenvalue weighted by molar-refractivity contribution is -0.204. The van der Waals surface area contributed by atoms with Crippen LogP contribution in [-0.4, -0.2) is 40.9 Å². The highest BCUT2D eigenvalue weighted by Crippen LogP contribution is 2.43. The molecule has 1 heterocycles. The van der Waals surface area contributed by atoms with Gasteiger partial charge in [-0.2, -0.15) is 0 Å². The van der Waals surface area contributed by atoms with Crippen molar-refractivity contribution >= 4 is 0 Å². The SMILES string of the molecule is OC[C@@H]1OC2(CCCCC2)O[C@@H]1[C@@H](O)C1CCCCC1. The van der Waals surface area contributed by atoms with Crippen molar-refractivity contribution in [2.45, 2.75) is 88.3 Å². The van der Waals surface area contributed by atoms with Crippen LogP contribution in [-0.2, 0) is 9.47 Å². The van der Waals surface area contributed by atoms with Crippen molar-refractivity contribution in [1.82, 2.24) is 0 Å². The molecule has 0 bridgehead atoms. The van der Waals surface area contributed by atoms with E-state index >= 15 is 0 Å². The molecule has 0 aromatic carbocycles. The van der Waals surface area contributed by atoms with Crippen molar-refractivity contribution in [1.29, 1.82) is 0 Å². The van der Waals surface area contributed by atoms with E-state index in [-0.39, 0.29) is 18.8 Å². The molecule has 116 valence electrons. The summed E-state index contributed by atoms with van der Waals surface area (Å²) in [4.78, 5) is 0. The standard InChI is InChI=1S/C16H28O4/c17-11-13-15(14(18)12-7-3-1-4-8-12)20-16(19-13)9-5-2-6-10-16/h12-15,17-18H,1-11H2/t13-,14-,15-/m0/s1. The van der Waals surface area contributed by atoms with Crippen LogP contribution in [0, 0.1) is 5.92 Å². The molecule has 0 amide bonds. The summed E-state index contributed by atoms with van der Waals surface area (Å²) >= 11 is 0. The summed E-state index contributed by atoms with van der Waals surface area (Å²) < 4.78 is 12.2. The van der Waals surface area contributed by atoms with Crippen LogP contribution >= 0.6 is 0 Å². The molecule has 20 heavy (non-hydrogen) atoms. The van der Waals surface area contributed by atoms with Gasteiger partial charge in [-0.3, -0.25) is 0 Å². The molecule has 2 aliphatic carbocycles. The highest BCUT2D eigenvalue weighted by Gasteiger charge is 2.51. The second-order valence-corrected chi connectivity index (χ2v) is 6.78. The van der Waals surface area contributed by atoms with Crippen LogP contribution < -0.4 is 0 Å². The average molecular weight is 284 g/mol. The Morgan fingerprint density at radius 3 is 2.25 bits per heavy atom. The van der Waals surface area contributed by atoms with Gasteiger partial charge in [0.1, 0.15) is 12.2 Å². The molecule has 3 atom stereocenters. The zero-order valence-corrected chi connectivity index (χ0v) is 12.3. The monoisotopic (exact) mass is 284 g/mol. The number of ether oxygens (including phenoxy) is 2. The Morgan fingerprint density at radius 1 is 0.950 bits per heavy atom. The van der Waals surface area contributed by atoms with Crippen LogP contribution in [0.15, 0.2) is 0 Å². The summed E-state index contributed by atoms with van der Waals surface area (Å²) in [6.45, 7) is -0.0593. The third-order valence-corrected chi connectivity index (χ3v) is 5.35. The van der Waals surface area contributed by atoms with Crippen molar-refractivity contribution in [3.63, 3.8) is 0 Å². The van der Waals surface area contributed by atoms with Gasteiger partial charge < -0.3 is 19.7 Å². The molecule has 0 aromatic heterocycles. The first-order valence-corrected chi connectivity index (χ1v) is 8.39. The topological polar surface area (TPSA) is 58.9 Å². The summed E-state index contributed by atoms with van der Waals surface area (Å²) in [6.07, 6.45) is 9.89. The molecule has 0 aromatic rings. The molecule has 0 unspecified atom stereocenters. The van der Waals surface area contributed by atoms with Crippen molar-refractivity contribution in [2.75, 3.05) is 6.61 Å². The predicted octanol–water partition coefficient (Wildman–Crippen LogP) is 2.36. The van der Waals surface area contributed by atoms with Gasteiger partial charge >= 0.3 is 0 Å². The number of hydrogen-bond donors (Lipinski definition) is 2. The van der Waals surface area contributed by atoms with Crippen LogP contribution in [0.4, 0.5) is 0 Å². The van der Waals surface area contributed by atoms with E-state index in [1.54, 1.807) is 0 Å². The predicted molar refractivity (Wildman–Crippen MR) is 75.2 cm³/mol. The fraction of sp³-hybridized carbons (Fsp3) is 1.00. The molecule has 3 rings (SSSR count). The van der Waals surface area contributed by atoms with Crippen LogP contribution in [0.5, 0.6) is 0 Å². The lowest BCUT2D eigenvalue weighted by atomic mass is 9.82. The number of hydrogen-bond acceptors (Lipinski definition) is 4. The van der Waals surface area contributed by atoms with E-state index in [0.29, 0.717) is 5.92 Å². The Kier molecular flexibility index (Phi) is 4.65.